The summed E-state index contributed by atoms with van der Waals surface area (Å²) in [5, 5.41) is 3.52. The van der Waals surface area contributed by atoms with Gasteiger partial charge in [0.05, 0.1) is 30.5 Å². The number of para-hydroxylation sites is 2. The molecule has 0 bridgehead atoms. The van der Waals surface area contributed by atoms with Gasteiger partial charge in [0.1, 0.15) is 0 Å². The van der Waals surface area contributed by atoms with Gasteiger partial charge in [0, 0.05) is 43.1 Å². The monoisotopic (exact) mass is 1070 g/mol. The number of nitrogens with zero attached hydrogens (tertiary/aromatic N) is 4. The van der Waals surface area contributed by atoms with Crippen LogP contribution in [0.2, 0.25) is 19.6 Å². The Morgan fingerprint density at radius 1 is 0.697 bits per heavy atom. The molecule has 5 aromatic carbocycles. The van der Waals surface area contributed by atoms with Crippen molar-refractivity contribution in [1.82, 2.24) is 19.5 Å². The first-order chi connectivity index (χ1) is 31.1. The van der Waals surface area contributed by atoms with E-state index in [2.05, 4.69) is 194 Å². The van der Waals surface area contributed by atoms with Gasteiger partial charge in [-0.15, -0.1) is 54.1 Å². The average molecular weight is 1070 g/mol. The van der Waals surface area contributed by atoms with Crippen LogP contribution in [0.5, 0.6) is 0 Å². The molecule has 1 radical (unpaired) electrons. The van der Waals surface area contributed by atoms with Crippen LogP contribution < -0.4 is 5.19 Å². The van der Waals surface area contributed by atoms with Gasteiger partial charge in [-0.3, -0.25) is 4.98 Å². The van der Waals surface area contributed by atoms with Crippen molar-refractivity contribution in [2.75, 3.05) is 0 Å². The van der Waals surface area contributed by atoms with Gasteiger partial charge in [-0.05, 0) is 99.6 Å². The number of hydrogen-bond donors (Lipinski definition) is 0. The van der Waals surface area contributed by atoms with Crippen molar-refractivity contribution >= 4 is 46.4 Å². The third kappa shape index (κ3) is 9.41. The normalized spacial score (nSPS) is 12.5. The van der Waals surface area contributed by atoms with Gasteiger partial charge in [-0.1, -0.05) is 153 Å². The van der Waals surface area contributed by atoms with Gasteiger partial charge in [0.15, 0.2) is 0 Å². The number of aromatic nitrogens is 4. The number of benzene rings is 5. The van der Waals surface area contributed by atoms with E-state index >= 15 is 0 Å². The Morgan fingerprint density at radius 3 is 2.00 bits per heavy atom. The molecule has 1 unspecified atom stereocenters. The molecule has 7 heteroatoms. The number of imidazole rings is 1. The Kier molecular flexibility index (Phi) is 14.5. The van der Waals surface area contributed by atoms with E-state index in [1.54, 1.807) is 0 Å². The molecule has 341 valence electrons. The molecular formula is C59H64IrN4OSi-2. The van der Waals surface area contributed by atoms with Crippen LogP contribution in [-0.2, 0) is 20.1 Å². The van der Waals surface area contributed by atoms with Crippen molar-refractivity contribution in [3.8, 4) is 39.5 Å². The van der Waals surface area contributed by atoms with Crippen LogP contribution in [0.25, 0.3) is 72.6 Å². The third-order valence-electron chi connectivity index (χ3n) is 13.8. The van der Waals surface area contributed by atoms with E-state index in [1.807, 2.05) is 37.3 Å². The van der Waals surface area contributed by atoms with E-state index < -0.39 is 8.07 Å². The van der Waals surface area contributed by atoms with Gasteiger partial charge < -0.3 is 14.0 Å². The molecule has 1 atom stereocenters. The molecule has 9 aromatic rings. The van der Waals surface area contributed by atoms with E-state index in [9.17, 15) is 0 Å². The Balaban J connectivity index is 0.000000223. The molecule has 66 heavy (non-hydrogen) atoms. The fraction of sp³-hybridized carbons (Fsp3) is 0.305. The number of pyridine rings is 2. The summed E-state index contributed by atoms with van der Waals surface area (Å²) < 4.78 is 8.78. The van der Waals surface area contributed by atoms with Crippen LogP contribution in [0.1, 0.15) is 108 Å². The van der Waals surface area contributed by atoms with Crippen molar-refractivity contribution in [3.63, 3.8) is 0 Å². The minimum atomic E-state index is -1.44. The van der Waals surface area contributed by atoms with Crippen LogP contribution >= 0.6 is 0 Å². The Labute approximate surface area is 407 Å². The van der Waals surface area contributed by atoms with Crippen molar-refractivity contribution in [3.05, 3.63) is 162 Å². The van der Waals surface area contributed by atoms with Gasteiger partial charge in [-0.25, -0.2) is 4.98 Å². The quantitative estimate of drug-likeness (QED) is 0.0957. The summed E-state index contributed by atoms with van der Waals surface area (Å²) in [4.78, 5) is 14.7. The second kappa shape index (κ2) is 19.8. The van der Waals surface area contributed by atoms with Crippen molar-refractivity contribution < 1.29 is 24.5 Å². The van der Waals surface area contributed by atoms with Crippen LogP contribution in [0.4, 0.5) is 0 Å². The van der Waals surface area contributed by atoms with Crippen LogP contribution in [0.15, 0.2) is 132 Å². The minimum absolute atomic E-state index is 0. The first-order valence-electron chi connectivity index (χ1n) is 23.5. The second-order valence-corrected chi connectivity index (χ2v) is 24.7. The minimum Gasteiger partial charge on any atom is -0.486 e. The molecule has 0 saturated carbocycles. The standard InChI is InChI=1S/C37H32N3O.C22H32NSi.Ir/c1-22(2)30-20-26(25-12-7-6-8-13-25)21-31(23(3)4)34(30)40-33-17-10-9-16-32(33)39-36(40)29-15-11-14-27-28-19-18-24(5)38-37(28)41-35(27)29;1-8-22(4,9-2)17(3)19-15-20(18-13-11-10-12-14-18)23-16-21(19)24(5,6)7;/h6-14,16-23H,1-5H3;10-13,15-17H,8-9H2,1-7H3;/q2*-1;. The molecule has 0 N–H and O–H groups in total. The SMILES string of the molecule is CCC(C)(CC)C(C)c1cc(-c2[c-]cccc2)ncc1[Si](C)(C)C.Cc1ccc2c(n1)oc1c(-c3nc4ccccc4n3-c3c(C(C)C)cc(-c4ccccc4)cc3C(C)C)[c-]ccc12.[Ir]. The molecule has 0 spiro atoms. The number of furan rings is 1. The Bertz CT molecular complexity index is 3070. The largest absolute Gasteiger partial charge is 0.486 e. The van der Waals surface area contributed by atoms with Gasteiger partial charge in [0.2, 0.25) is 5.71 Å². The van der Waals surface area contributed by atoms with Gasteiger partial charge >= 0.3 is 0 Å². The number of hydrogen-bond acceptors (Lipinski definition) is 4. The second-order valence-electron chi connectivity index (χ2n) is 19.7. The van der Waals surface area contributed by atoms with Gasteiger partial charge in [0.25, 0.3) is 0 Å². The summed E-state index contributed by atoms with van der Waals surface area (Å²) in [6, 6.07) is 49.2. The van der Waals surface area contributed by atoms with E-state index in [4.69, 9.17) is 14.4 Å². The smallest absolute Gasteiger partial charge is 0.216 e. The fourth-order valence-electron chi connectivity index (χ4n) is 9.31. The molecule has 9 rings (SSSR count). The van der Waals surface area contributed by atoms with E-state index in [0.29, 0.717) is 28.9 Å². The maximum Gasteiger partial charge on any atom is 0.216 e. The molecule has 0 aliphatic rings. The number of rotatable bonds is 11. The molecule has 4 heterocycles. The Morgan fingerprint density at radius 2 is 1.36 bits per heavy atom. The number of aryl methyl sites for hydroxylation is 1. The summed E-state index contributed by atoms with van der Waals surface area (Å²) in [5.41, 5.74) is 15.4. The van der Waals surface area contributed by atoms with Crippen molar-refractivity contribution in [1.29, 1.82) is 0 Å². The first-order valence-corrected chi connectivity index (χ1v) is 27.0. The predicted molar refractivity (Wildman–Crippen MR) is 277 cm³/mol. The van der Waals surface area contributed by atoms with E-state index in [-0.39, 0.29) is 20.1 Å². The van der Waals surface area contributed by atoms with E-state index in [0.717, 1.165) is 55.7 Å². The predicted octanol–water partition coefficient (Wildman–Crippen LogP) is 16.0. The maximum atomic E-state index is 6.44. The average Bonchev–Trinajstić information content (AvgIpc) is 3.89. The van der Waals surface area contributed by atoms with Crippen LogP contribution in [-0.4, -0.2) is 27.6 Å². The molecule has 4 aromatic heterocycles. The zero-order valence-electron chi connectivity index (χ0n) is 40.8. The summed E-state index contributed by atoms with van der Waals surface area (Å²) >= 11 is 0. The summed E-state index contributed by atoms with van der Waals surface area (Å²) in [7, 11) is -1.44. The molecular weight excluding hydrogens is 1000 g/mol. The molecule has 5 nitrogen and oxygen atoms in total. The maximum absolute atomic E-state index is 6.44. The molecule has 0 amide bonds. The fourth-order valence-corrected chi connectivity index (χ4v) is 10.9. The molecule has 0 saturated heterocycles. The topological polar surface area (TPSA) is 56.7 Å². The van der Waals surface area contributed by atoms with Gasteiger partial charge in [-0.2, -0.15) is 0 Å². The van der Waals surface area contributed by atoms with Crippen molar-refractivity contribution in [2.24, 2.45) is 5.41 Å². The number of fused-ring (bicyclic) bond motifs is 4. The van der Waals surface area contributed by atoms with Crippen LogP contribution in [0, 0.1) is 24.5 Å². The summed E-state index contributed by atoms with van der Waals surface area (Å²) in [5.74, 6) is 1.93. The molecule has 0 aliphatic heterocycles. The molecule has 0 fully saturated rings. The van der Waals surface area contributed by atoms with E-state index in [1.165, 1.54) is 51.5 Å². The summed E-state index contributed by atoms with van der Waals surface area (Å²) in [6.45, 7) is 27.8. The molecule has 0 aliphatic carbocycles. The third-order valence-corrected chi connectivity index (χ3v) is 15.9. The van der Waals surface area contributed by atoms with Crippen molar-refractivity contribution in [2.45, 2.75) is 113 Å². The Hall–Kier alpha value is -5.46. The zero-order valence-corrected chi connectivity index (χ0v) is 44.2. The first kappa shape index (κ1) is 48.5. The van der Waals surface area contributed by atoms with Crippen LogP contribution in [0.3, 0.4) is 0 Å². The zero-order chi connectivity index (χ0) is 46.2. The summed E-state index contributed by atoms with van der Waals surface area (Å²) in [6.07, 6.45) is 4.55.